The van der Waals surface area contributed by atoms with Gasteiger partial charge in [-0.1, -0.05) is 24.9 Å². The van der Waals surface area contributed by atoms with E-state index in [9.17, 15) is 0 Å². The van der Waals surface area contributed by atoms with E-state index in [1.165, 1.54) is 25.7 Å². The summed E-state index contributed by atoms with van der Waals surface area (Å²) in [6, 6.07) is 0.611. The van der Waals surface area contributed by atoms with E-state index in [4.69, 9.17) is 9.26 Å². The van der Waals surface area contributed by atoms with E-state index in [1.807, 2.05) is 13.8 Å². The molecule has 1 aromatic rings. The lowest BCUT2D eigenvalue weighted by molar-refractivity contribution is -0.0403. The van der Waals surface area contributed by atoms with Gasteiger partial charge in [-0.25, -0.2) is 0 Å². The molecule has 0 spiro atoms. The van der Waals surface area contributed by atoms with E-state index in [2.05, 4.69) is 22.4 Å². The predicted molar refractivity (Wildman–Crippen MR) is 72.7 cm³/mol. The predicted octanol–water partition coefficient (Wildman–Crippen LogP) is 2.76. The maximum atomic E-state index is 5.75. The van der Waals surface area contributed by atoms with Gasteiger partial charge in [0, 0.05) is 12.6 Å². The Kier molecular flexibility index (Phi) is 4.93. The number of aromatic nitrogens is 2. The first-order valence-corrected chi connectivity index (χ1v) is 7.38. The van der Waals surface area contributed by atoms with E-state index >= 15 is 0 Å². The van der Waals surface area contributed by atoms with Gasteiger partial charge in [0.05, 0.1) is 6.54 Å². The summed E-state index contributed by atoms with van der Waals surface area (Å²) in [5, 5.41) is 7.55. The van der Waals surface area contributed by atoms with Crippen molar-refractivity contribution >= 4 is 0 Å². The summed E-state index contributed by atoms with van der Waals surface area (Å²) in [5.74, 6) is 1.31. The third-order valence-corrected chi connectivity index (χ3v) is 3.98. The molecule has 1 fully saturated rings. The Hall–Kier alpha value is -0.940. The third-order valence-electron chi connectivity index (χ3n) is 3.98. The Labute approximate surface area is 115 Å². The van der Waals surface area contributed by atoms with E-state index in [-0.39, 0.29) is 0 Å². The van der Waals surface area contributed by atoms with Crippen LogP contribution in [0.5, 0.6) is 0 Å². The van der Waals surface area contributed by atoms with Gasteiger partial charge in [0.25, 0.3) is 0 Å². The normalized spacial score (nSPS) is 19.7. The molecule has 19 heavy (non-hydrogen) atoms. The van der Waals surface area contributed by atoms with E-state index in [0.29, 0.717) is 30.9 Å². The molecular formula is C14H25N3O2. The van der Waals surface area contributed by atoms with Crippen LogP contribution in [-0.4, -0.2) is 22.8 Å². The van der Waals surface area contributed by atoms with Crippen molar-refractivity contribution in [3.05, 3.63) is 11.7 Å². The van der Waals surface area contributed by atoms with Crippen molar-refractivity contribution in [3.8, 4) is 0 Å². The molecule has 108 valence electrons. The lowest BCUT2D eigenvalue weighted by Gasteiger charge is -2.23. The number of hydrogen-bond donors (Lipinski definition) is 1. The lowest BCUT2D eigenvalue weighted by Crippen LogP contribution is -2.27. The second kappa shape index (κ2) is 6.48. The zero-order chi connectivity index (χ0) is 13.7. The van der Waals surface area contributed by atoms with Gasteiger partial charge < -0.3 is 14.6 Å². The minimum Gasteiger partial charge on any atom is -0.367 e. The summed E-state index contributed by atoms with van der Waals surface area (Å²) >= 11 is 0. The van der Waals surface area contributed by atoms with Crippen LogP contribution < -0.4 is 5.32 Å². The van der Waals surface area contributed by atoms with E-state index < -0.39 is 5.60 Å². The summed E-state index contributed by atoms with van der Waals surface area (Å²) in [4.78, 5) is 4.47. The summed E-state index contributed by atoms with van der Waals surface area (Å²) in [5.41, 5.74) is -0.441. The van der Waals surface area contributed by atoms with Crippen molar-refractivity contribution in [3.63, 3.8) is 0 Å². The van der Waals surface area contributed by atoms with Crippen LogP contribution in [0.2, 0.25) is 0 Å². The molecule has 0 saturated heterocycles. The fourth-order valence-corrected chi connectivity index (χ4v) is 2.55. The van der Waals surface area contributed by atoms with Crippen LogP contribution in [0.15, 0.2) is 4.52 Å². The van der Waals surface area contributed by atoms with Crippen molar-refractivity contribution in [2.75, 3.05) is 6.61 Å². The van der Waals surface area contributed by atoms with Crippen molar-refractivity contribution in [1.82, 2.24) is 15.5 Å². The molecule has 0 aromatic carbocycles. The number of nitrogens with one attached hydrogen (secondary N) is 1. The van der Waals surface area contributed by atoms with Crippen LogP contribution in [0, 0.1) is 0 Å². The number of nitrogens with zero attached hydrogens (tertiary/aromatic N) is 2. The minimum absolute atomic E-state index is 0.441. The van der Waals surface area contributed by atoms with Crippen molar-refractivity contribution in [2.24, 2.45) is 0 Å². The van der Waals surface area contributed by atoms with Crippen molar-refractivity contribution in [1.29, 1.82) is 0 Å². The number of ether oxygens (including phenoxy) is 1. The molecule has 0 radical (unpaired) electrons. The Bertz CT molecular complexity index is 388. The van der Waals surface area contributed by atoms with Gasteiger partial charge in [-0.15, -0.1) is 0 Å². The summed E-state index contributed by atoms with van der Waals surface area (Å²) in [6.45, 7) is 7.37. The van der Waals surface area contributed by atoms with Crippen molar-refractivity contribution in [2.45, 2.75) is 71.1 Å². The molecule has 1 atom stereocenters. The fourth-order valence-electron chi connectivity index (χ4n) is 2.55. The van der Waals surface area contributed by atoms with Gasteiger partial charge in [-0.2, -0.15) is 4.98 Å². The van der Waals surface area contributed by atoms with Crippen LogP contribution in [0.3, 0.4) is 0 Å². The van der Waals surface area contributed by atoms with Gasteiger partial charge in [0.15, 0.2) is 0 Å². The van der Waals surface area contributed by atoms with Crippen LogP contribution in [0.25, 0.3) is 0 Å². The van der Waals surface area contributed by atoms with Gasteiger partial charge >= 0.3 is 0 Å². The summed E-state index contributed by atoms with van der Waals surface area (Å²) in [6.07, 6.45) is 5.99. The zero-order valence-corrected chi connectivity index (χ0v) is 12.2. The van der Waals surface area contributed by atoms with E-state index in [0.717, 1.165) is 6.42 Å². The maximum Gasteiger partial charge on any atom is 0.240 e. The van der Waals surface area contributed by atoms with Gasteiger partial charge in [0.1, 0.15) is 5.60 Å². The molecule has 1 N–H and O–H groups in total. The van der Waals surface area contributed by atoms with Gasteiger partial charge in [0.2, 0.25) is 11.7 Å². The van der Waals surface area contributed by atoms with Crippen LogP contribution in [-0.2, 0) is 16.9 Å². The quantitative estimate of drug-likeness (QED) is 0.823. The van der Waals surface area contributed by atoms with Gasteiger partial charge in [-0.3, -0.25) is 0 Å². The molecule has 1 heterocycles. The molecule has 2 rings (SSSR count). The third kappa shape index (κ3) is 3.54. The highest BCUT2D eigenvalue weighted by molar-refractivity contribution is 4.99. The fraction of sp³-hybridized carbons (Fsp3) is 0.857. The van der Waals surface area contributed by atoms with Crippen LogP contribution in [0.1, 0.15) is 64.6 Å². The highest BCUT2D eigenvalue weighted by atomic mass is 16.5. The molecule has 0 amide bonds. The van der Waals surface area contributed by atoms with E-state index in [1.54, 1.807) is 0 Å². The average molecular weight is 267 g/mol. The summed E-state index contributed by atoms with van der Waals surface area (Å²) in [7, 11) is 0. The second-order valence-electron chi connectivity index (χ2n) is 5.39. The maximum absolute atomic E-state index is 5.75. The Morgan fingerprint density at radius 2 is 2.11 bits per heavy atom. The number of rotatable bonds is 7. The molecule has 5 nitrogen and oxygen atoms in total. The minimum atomic E-state index is -0.441. The lowest BCUT2D eigenvalue weighted by atomic mass is 10.0. The zero-order valence-electron chi connectivity index (χ0n) is 12.2. The molecule has 5 heteroatoms. The SMILES string of the molecule is CCOC(C)(CC)c1noc(CNC2CCCC2)n1. The largest absolute Gasteiger partial charge is 0.367 e. The molecule has 1 aromatic heterocycles. The first kappa shape index (κ1) is 14.5. The smallest absolute Gasteiger partial charge is 0.240 e. The average Bonchev–Trinajstić information content (AvgIpc) is 3.08. The van der Waals surface area contributed by atoms with Crippen LogP contribution in [0.4, 0.5) is 0 Å². The highest BCUT2D eigenvalue weighted by Crippen LogP contribution is 2.26. The summed E-state index contributed by atoms with van der Waals surface area (Å²) < 4.78 is 11.1. The Balaban J connectivity index is 1.93. The molecule has 0 aliphatic heterocycles. The molecule has 1 saturated carbocycles. The second-order valence-corrected chi connectivity index (χ2v) is 5.39. The number of hydrogen-bond acceptors (Lipinski definition) is 5. The first-order valence-electron chi connectivity index (χ1n) is 7.38. The topological polar surface area (TPSA) is 60.2 Å². The molecule has 1 aliphatic carbocycles. The molecular weight excluding hydrogens is 242 g/mol. The van der Waals surface area contributed by atoms with Gasteiger partial charge in [-0.05, 0) is 33.1 Å². The monoisotopic (exact) mass is 267 g/mol. The van der Waals surface area contributed by atoms with Crippen molar-refractivity contribution < 1.29 is 9.26 Å². The molecule has 1 unspecified atom stereocenters. The Morgan fingerprint density at radius 3 is 2.74 bits per heavy atom. The Morgan fingerprint density at radius 1 is 1.37 bits per heavy atom. The highest BCUT2D eigenvalue weighted by Gasteiger charge is 2.30. The first-order chi connectivity index (χ1) is 9.18. The molecule has 1 aliphatic rings. The standard InChI is InChI=1S/C14H25N3O2/c1-4-14(3,18-5-2)13-16-12(19-17-13)10-15-11-8-6-7-9-11/h11,15H,4-10H2,1-3H3. The van der Waals surface area contributed by atoms with Crippen LogP contribution >= 0.6 is 0 Å². The molecule has 0 bridgehead atoms.